The highest BCUT2D eigenvalue weighted by atomic mass is 16.5. The van der Waals surface area contributed by atoms with Gasteiger partial charge in [0.25, 0.3) is 0 Å². The van der Waals surface area contributed by atoms with E-state index in [9.17, 15) is 9.59 Å². The number of hydrogen-bond acceptors (Lipinski definition) is 6. The van der Waals surface area contributed by atoms with Crippen LogP contribution in [0.2, 0.25) is 0 Å². The van der Waals surface area contributed by atoms with E-state index in [1.165, 1.54) is 180 Å². The second-order valence-electron chi connectivity index (χ2n) is 22.4. The summed E-state index contributed by atoms with van der Waals surface area (Å²) in [6, 6.07) is -0.128. The summed E-state index contributed by atoms with van der Waals surface area (Å²) in [4.78, 5) is 26.6. The fourth-order valence-electron chi connectivity index (χ4n) is 9.10. The normalized spacial score (nSPS) is 13.1. The molecule has 0 radical (unpaired) electrons. The molecule has 0 fully saturated rings. The molecule has 0 rings (SSSR count). The van der Waals surface area contributed by atoms with Crippen molar-refractivity contribution in [2.24, 2.45) is 5.41 Å². The summed E-state index contributed by atoms with van der Waals surface area (Å²) in [7, 11) is 0. The van der Waals surface area contributed by atoms with Crippen molar-refractivity contribution < 1.29 is 23.8 Å². The van der Waals surface area contributed by atoms with Crippen LogP contribution in [-0.2, 0) is 23.8 Å². The standard InChI is InChI=1S/C56H112N2O5/c1-12-14-16-18-20-22-24-26-28-30-32-34-36-38-40-42-45-57-50(47-58-51(59)43-41-39-37-35-33-31-29-27-25-23-21-19-17-15-13-2)48-61-52(60)54(6,7)49-56(10,11)63-55(8,9)44-46-62-53(3,4)5/h50,57H,12-49H2,1-11H3,(H,58,59). The molecule has 7 heteroatoms. The molecule has 1 amide bonds. The number of carbonyl (C=O) groups excluding carboxylic acids is 2. The van der Waals surface area contributed by atoms with E-state index in [0.717, 1.165) is 32.2 Å². The second kappa shape index (κ2) is 38.9. The molecular formula is C56H112N2O5. The molecule has 0 aromatic carbocycles. The molecule has 0 heterocycles. The summed E-state index contributed by atoms with van der Waals surface area (Å²) < 4.78 is 18.6. The third kappa shape index (κ3) is 42.0. The van der Waals surface area contributed by atoms with Crippen molar-refractivity contribution in [3.05, 3.63) is 0 Å². The Bertz CT molecular complexity index is 1050. The zero-order valence-electron chi connectivity index (χ0n) is 44.5. The van der Waals surface area contributed by atoms with Crippen LogP contribution in [0.15, 0.2) is 0 Å². The number of esters is 1. The summed E-state index contributed by atoms with van der Waals surface area (Å²) in [5, 5.41) is 6.80. The number of nitrogens with one attached hydrogen (secondary N) is 2. The smallest absolute Gasteiger partial charge is 0.311 e. The Morgan fingerprint density at radius 1 is 0.492 bits per heavy atom. The van der Waals surface area contributed by atoms with Gasteiger partial charge in [0.2, 0.25) is 5.91 Å². The lowest BCUT2D eigenvalue weighted by Crippen LogP contribution is -2.46. The molecule has 1 unspecified atom stereocenters. The number of rotatable bonds is 46. The lowest BCUT2D eigenvalue weighted by atomic mass is 9.81. The van der Waals surface area contributed by atoms with E-state index in [0.29, 0.717) is 26.0 Å². The van der Waals surface area contributed by atoms with Crippen molar-refractivity contribution in [3.63, 3.8) is 0 Å². The first kappa shape index (κ1) is 61.8. The van der Waals surface area contributed by atoms with Crippen LogP contribution in [-0.4, -0.2) is 61.0 Å². The molecule has 0 aliphatic heterocycles. The molecule has 63 heavy (non-hydrogen) atoms. The van der Waals surface area contributed by atoms with Gasteiger partial charge >= 0.3 is 5.97 Å². The number of carbonyl (C=O) groups is 2. The van der Waals surface area contributed by atoms with Crippen LogP contribution in [0.5, 0.6) is 0 Å². The van der Waals surface area contributed by atoms with Gasteiger partial charge in [0.15, 0.2) is 0 Å². The van der Waals surface area contributed by atoms with Gasteiger partial charge < -0.3 is 24.8 Å². The Labute approximate surface area is 394 Å². The quantitative estimate of drug-likeness (QED) is 0.0468. The number of amides is 1. The number of unbranched alkanes of at least 4 members (excludes halogenated alkanes) is 29. The van der Waals surface area contributed by atoms with Gasteiger partial charge in [-0.15, -0.1) is 0 Å². The first-order valence-electron chi connectivity index (χ1n) is 27.4. The second-order valence-corrected chi connectivity index (χ2v) is 22.4. The summed E-state index contributed by atoms with van der Waals surface area (Å²) >= 11 is 0. The maximum Gasteiger partial charge on any atom is 0.311 e. The highest BCUT2D eigenvalue weighted by molar-refractivity contribution is 5.76. The molecule has 7 nitrogen and oxygen atoms in total. The minimum Gasteiger partial charge on any atom is -0.464 e. The van der Waals surface area contributed by atoms with Crippen LogP contribution in [0.4, 0.5) is 0 Å². The Morgan fingerprint density at radius 2 is 0.873 bits per heavy atom. The molecule has 0 aromatic rings. The van der Waals surface area contributed by atoms with E-state index in [1.54, 1.807) is 0 Å². The van der Waals surface area contributed by atoms with Crippen molar-refractivity contribution in [1.82, 2.24) is 10.6 Å². The first-order chi connectivity index (χ1) is 29.9. The zero-order valence-corrected chi connectivity index (χ0v) is 44.5. The fraction of sp³-hybridized carbons (Fsp3) is 0.964. The molecule has 0 aliphatic rings. The summed E-state index contributed by atoms with van der Waals surface area (Å²) in [5.41, 5.74) is -1.87. The van der Waals surface area contributed by atoms with Crippen LogP contribution in [0.25, 0.3) is 0 Å². The average Bonchev–Trinajstić information content (AvgIpc) is 3.19. The highest BCUT2D eigenvalue weighted by Gasteiger charge is 2.39. The van der Waals surface area contributed by atoms with Crippen molar-refractivity contribution in [1.29, 1.82) is 0 Å². The van der Waals surface area contributed by atoms with E-state index >= 15 is 0 Å². The molecule has 0 aliphatic carbocycles. The molecule has 0 spiro atoms. The van der Waals surface area contributed by atoms with Crippen LogP contribution in [0.1, 0.15) is 294 Å². The topological polar surface area (TPSA) is 85.9 Å². The van der Waals surface area contributed by atoms with Gasteiger partial charge in [0.1, 0.15) is 6.61 Å². The predicted octanol–water partition coefficient (Wildman–Crippen LogP) is 16.3. The molecular weight excluding hydrogens is 781 g/mol. The first-order valence-corrected chi connectivity index (χ1v) is 27.4. The average molecular weight is 894 g/mol. The Hall–Kier alpha value is -1.18. The van der Waals surface area contributed by atoms with Gasteiger partial charge in [-0.2, -0.15) is 0 Å². The van der Waals surface area contributed by atoms with Crippen LogP contribution < -0.4 is 10.6 Å². The molecule has 376 valence electrons. The Kier molecular flexibility index (Phi) is 38.1. The summed E-state index contributed by atoms with van der Waals surface area (Å²) in [6.07, 6.45) is 43.2. The summed E-state index contributed by atoms with van der Waals surface area (Å²) in [6.45, 7) is 25.1. The van der Waals surface area contributed by atoms with Crippen LogP contribution in [0.3, 0.4) is 0 Å². The van der Waals surface area contributed by atoms with E-state index < -0.39 is 16.6 Å². The van der Waals surface area contributed by atoms with E-state index in [1.807, 2.05) is 13.8 Å². The third-order valence-corrected chi connectivity index (χ3v) is 12.6. The van der Waals surface area contributed by atoms with Gasteiger partial charge in [-0.05, 0) is 94.5 Å². The Balaban J connectivity index is 4.72. The van der Waals surface area contributed by atoms with Crippen molar-refractivity contribution >= 4 is 11.9 Å². The lowest BCUT2D eigenvalue weighted by Gasteiger charge is -2.40. The molecule has 2 N–H and O–H groups in total. The van der Waals surface area contributed by atoms with Gasteiger partial charge in [-0.1, -0.05) is 200 Å². The van der Waals surface area contributed by atoms with Crippen LogP contribution >= 0.6 is 0 Å². The number of ether oxygens (including phenoxy) is 3. The third-order valence-electron chi connectivity index (χ3n) is 12.6. The van der Waals surface area contributed by atoms with Crippen molar-refractivity contribution in [2.45, 2.75) is 317 Å². The van der Waals surface area contributed by atoms with Crippen molar-refractivity contribution in [2.75, 3.05) is 26.3 Å². The molecule has 0 saturated heterocycles. The Morgan fingerprint density at radius 3 is 1.27 bits per heavy atom. The van der Waals surface area contributed by atoms with Gasteiger partial charge in [0.05, 0.1) is 28.3 Å². The minimum atomic E-state index is -0.739. The number of hydrogen-bond donors (Lipinski definition) is 2. The van der Waals surface area contributed by atoms with E-state index in [4.69, 9.17) is 14.2 Å². The predicted molar refractivity (Wildman–Crippen MR) is 273 cm³/mol. The lowest BCUT2D eigenvalue weighted by molar-refractivity contribution is -0.171. The molecule has 0 aromatic heterocycles. The van der Waals surface area contributed by atoms with E-state index in [-0.39, 0.29) is 30.1 Å². The summed E-state index contributed by atoms with van der Waals surface area (Å²) in [5.74, 6) is -0.133. The highest BCUT2D eigenvalue weighted by Crippen LogP contribution is 2.35. The van der Waals surface area contributed by atoms with Gasteiger partial charge in [-0.3, -0.25) is 9.59 Å². The monoisotopic (exact) mass is 893 g/mol. The maximum absolute atomic E-state index is 13.6. The zero-order chi connectivity index (χ0) is 47.1. The maximum atomic E-state index is 13.6. The molecule has 0 saturated carbocycles. The largest absolute Gasteiger partial charge is 0.464 e. The van der Waals surface area contributed by atoms with E-state index in [2.05, 4.69) is 72.9 Å². The SMILES string of the molecule is CCCCCCCCCCCCCCCCCCNC(CNC(=O)CCCCCCCCCCCCCCCCC)COC(=O)C(C)(C)CC(C)(C)OC(C)(C)CCOC(C)(C)C. The van der Waals surface area contributed by atoms with Crippen molar-refractivity contribution in [3.8, 4) is 0 Å². The van der Waals surface area contributed by atoms with Crippen LogP contribution in [0, 0.1) is 5.41 Å². The fourth-order valence-corrected chi connectivity index (χ4v) is 9.10. The minimum absolute atomic E-state index is 0.0972. The van der Waals surface area contributed by atoms with Gasteiger partial charge in [0, 0.05) is 19.6 Å². The molecule has 0 bridgehead atoms. The molecule has 1 atom stereocenters. The van der Waals surface area contributed by atoms with Gasteiger partial charge in [-0.25, -0.2) is 0 Å².